The Morgan fingerprint density at radius 2 is 1.47 bits per heavy atom. The van der Waals surface area contributed by atoms with Gasteiger partial charge in [0.25, 0.3) is 17.7 Å². The average Bonchev–Trinajstić information content (AvgIpc) is 1.72. The number of likely N-dealkylation sites (tertiary alicyclic amines) is 1. The number of hydrogen-bond acceptors (Lipinski definition) is 23. The Bertz CT molecular complexity index is 4310. The number of unbranched alkanes of at least 4 members (excludes halogenated alkanes) is 2. The number of fused-ring (bicyclic) bond motifs is 3. The highest BCUT2D eigenvalue weighted by Crippen LogP contribution is 2.41. The molecule has 676 valence electrons. The van der Waals surface area contributed by atoms with Crippen molar-refractivity contribution in [2.24, 2.45) is 22.7 Å². The first kappa shape index (κ1) is 99.9. The Morgan fingerprint density at radius 3 is 2.16 bits per heavy atom. The van der Waals surface area contributed by atoms with E-state index in [1.54, 1.807) is 88.8 Å². The van der Waals surface area contributed by atoms with E-state index < -0.39 is 51.4 Å². The number of aromatic hydroxyl groups is 1. The standard InChI is InChI=1S/C91H128Br2N10O19S/c1-14-23-64(96-86(110)71-56-123-88(98-71)81(122-62(9)104)51-73(57(3)4)101(12)90(113)66(60(7)15-2)48-77(107)72-25-17-18-32-99(72)10)46-63-27-28-75(105)70(47-63)97-82(108)29-37-117-42-43-119-39-31-94-87(111)85(93)84(92)76(106)26-22-34-116-40-41-118-38-30-83(109)102-33-21-24-58(5)54-100(11)89(112)68-45-61(8)78(52-74(68)102)120-35-19-16-20-36-121-80-50-69-67(49-79(80)115-13)91(114)103-55-59(6)44-65(103)53-95-69/h27-28,45,47,49-50,52-53,56-57,60,64-66,72-73,81,84-85,105H,5-6,14-26,29-44,46,48,51,54-55H2,1-4,7-13H3,(H,94,111)(H,96,110)(H,97,108)/t60-,64-,65-,66-,72+,73+,81+,84?,85?/m0/s1. The highest BCUT2D eigenvalue weighted by Gasteiger charge is 2.40. The molecule has 8 rings (SSSR count). The second kappa shape index (κ2) is 50.6. The Hall–Kier alpha value is -8.50. The van der Waals surface area contributed by atoms with Crippen molar-refractivity contribution in [3.63, 3.8) is 0 Å². The lowest BCUT2D eigenvalue weighted by Gasteiger charge is -2.37. The highest BCUT2D eigenvalue weighted by atomic mass is 79.9. The van der Waals surface area contributed by atoms with Gasteiger partial charge in [0.1, 0.15) is 32.8 Å². The van der Waals surface area contributed by atoms with Crippen molar-refractivity contribution < 1.29 is 90.9 Å². The summed E-state index contributed by atoms with van der Waals surface area (Å²) in [7, 11) is 7.00. The summed E-state index contributed by atoms with van der Waals surface area (Å²) in [6.45, 7) is 25.8. The highest BCUT2D eigenvalue weighted by molar-refractivity contribution is 9.12. The van der Waals surface area contributed by atoms with Gasteiger partial charge < -0.3 is 78.6 Å². The largest absolute Gasteiger partial charge is 0.506 e. The minimum Gasteiger partial charge on any atom is -0.506 e. The van der Waals surface area contributed by atoms with Crippen molar-refractivity contribution in [3.8, 4) is 23.0 Å². The van der Waals surface area contributed by atoms with Crippen LogP contribution in [0.15, 0.2) is 77.1 Å². The number of amides is 7. The zero-order valence-electron chi connectivity index (χ0n) is 73.5. The molecule has 0 aliphatic carbocycles. The summed E-state index contributed by atoms with van der Waals surface area (Å²) < 4.78 is 46.9. The third-order valence-electron chi connectivity index (χ3n) is 22.7. The van der Waals surface area contributed by atoms with E-state index in [1.165, 1.54) is 24.3 Å². The quantitative estimate of drug-likeness (QED) is 0.0105. The number of rotatable bonds is 50. The monoisotopic (exact) mass is 1850 g/mol. The van der Waals surface area contributed by atoms with Crippen molar-refractivity contribution in [3.05, 3.63) is 105 Å². The number of benzene rings is 3. The van der Waals surface area contributed by atoms with Gasteiger partial charge in [-0.3, -0.25) is 57.8 Å². The summed E-state index contributed by atoms with van der Waals surface area (Å²) in [5, 5.41) is 21.4. The van der Waals surface area contributed by atoms with Gasteiger partial charge in [-0.2, -0.15) is 0 Å². The number of hydrogen-bond donors (Lipinski definition) is 4. The van der Waals surface area contributed by atoms with Crippen LogP contribution in [-0.2, 0) is 63.7 Å². The summed E-state index contributed by atoms with van der Waals surface area (Å²) in [6.07, 6.45) is 11.2. The first-order valence-corrected chi connectivity index (χ1v) is 45.9. The molecule has 4 N–H and O–H groups in total. The van der Waals surface area contributed by atoms with E-state index in [0.717, 1.165) is 67.3 Å². The van der Waals surface area contributed by atoms with Crippen molar-refractivity contribution in [2.45, 2.75) is 210 Å². The number of esters is 1. The molecule has 0 spiro atoms. The zero-order chi connectivity index (χ0) is 89.4. The van der Waals surface area contributed by atoms with Crippen molar-refractivity contribution in [1.82, 2.24) is 35.2 Å². The molecule has 0 bridgehead atoms. The number of anilines is 2. The molecule has 1 aromatic heterocycles. The Labute approximate surface area is 745 Å². The van der Waals surface area contributed by atoms with Crippen molar-refractivity contribution in [1.29, 1.82) is 0 Å². The fourth-order valence-corrected chi connectivity index (χ4v) is 17.4. The van der Waals surface area contributed by atoms with Gasteiger partial charge >= 0.3 is 5.97 Å². The number of phenols is 1. The fraction of sp³-hybridized carbons (Fsp3) is 0.604. The third kappa shape index (κ3) is 30.1. The van der Waals surface area contributed by atoms with Crippen molar-refractivity contribution in [2.75, 3.05) is 137 Å². The number of likely N-dealkylation sites (N-methyl/N-ethyl adjacent to an activating group) is 2. The van der Waals surface area contributed by atoms with Crippen LogP contribution in [0, 0.1) is 24.7 Å². The topological polar surface area (TPSA) is 342 Å². The molecule has 32 heteroatoms. The zero-order valence-corrected chi connectivity index (χ0v) is 77.5. The molecule has 123 heavy (non-hydrogen) atoms. The van der Waals surface area contributed by atoms with Crippen LogP contribution in [0.3, 0.4) is 0 Å². The molecule has 29 nitrogen and oxygen atoms in total. The van der Waals surface area contributed by atoms with Crippen LogP contribution in [0.5, 0.6) is 23.0 Å². The van der Waals surface area contributed by atoms with Crippen LogP contribution in [0.25, 0.3) is 0 Å². The minimum atomic E-state index is -0.862. The predicted octanol–water partition coefficient (Wildman–Crippen LogP) is 13.2. The number of methoxy groups -OCH3 is 1. The molecule has 9 atom stereocenters. The lowest BCUT2D eigenvalue weighted by molar-refractivity contribution is -0.149. The lowest BCUT2D eigenvalue weighted by atomic mass is 9.83. The molecule has 0 saturated carbocycles. The van der Waals surface area contributed by atoms with Crippen LogP contribution in [0.2, 0.25) is 0 Å². The number of Topliss-reactive ketones (excluding diaryl/α,β-unsaturated/α-hetero) is 2. The molecule has 2 unspecified atom stereocenters. The maximum atomic E-state index is 14.5. The number of ketones is 2. The van der Waals surface area contributed by atoms with Crippen LogP contribution >= 0.6 is 43.2 Å². The smallest absolute Gasteiger partial charge is 0.303 e. The molecule has 2 saturated heterocycles. The average molecular weight is 1860 g/mol. The molecule has 4 aromatic rings. The number of nitrogens with one attached hydrogen (secondary N) is 3. The summed E-state index contributed by atoms with van der Waals surface area (Å²) in [5.74, 6) is -1.83. The molecule has 3 aromatic carbocycles. The number of aromatic nitrogens is 1. The van der Waals surface area contributed by atoms with E-state index in [1.807, 2.05) is 48.6 Å². The van der Waals surface area contributed by atoms with Gasteiger partial charge in [-0.1, -0.05) is 116 Å². The van der Waals surface area contributed by atoms with Gasteiger partial charge in [0, 0.05) is 115 Å². The van der Waals surface area contributed by atoms with E-state index in [9.17, 15) is 53.1 Å². The summed E-state index contributed by atoms with van der Waals surface area (Å²) in [4.78, 5) is 152. The number of nitrogens with zero attached hydrogens (tertiary/aromatic N) is 7. The lowest BCUT2D eigenvalue weighted by Crippen LogP contribution is -2.48. The predicted molar refractivity (Wildman–Crippen MR) is 481 cm³/mol. The van der Waals surface area contributed by atoms with Gasteiger partial charge in [0.2, 0.25) is 23.6 Å². The summed E-state index contributed by atoms with van der Waals surface area (Å²) in [6, 6.07) is 10.8. The molecule has 7 amide bonds. The van der Waals surface area contributed by atoms with Gasteiger partial charge in [-0.25, -0.2) is 4.98 Å². The Balaban J connectivity index is 0.678. The number of halogens is 2. The van der Waals surface area contributed by atoms with E-state index in [0.29, 0.717) is 129 Å². The normalized spacial score (nSPS) is 17.3. The SMILES string of the molecule is C=C1CCCN(C(=O)CCOCCOCCCC(=O)C(Br)C(Br)C(=O)NCCOCCOCCC(=O)Nc2cc(C[C@H](CCC)NC(=O)c3csc([C@@H](C[C@H](C(C)C)N(C)C(=O)[C@@H](CC(=O)[C@H]4CCCCN4C)[C@@H](C)CC)OC(C)=O)n3)ccc2O)c2cc(OCCCCCOc3cc4c(cc3OC)C(=O)N3CC(=C)C[C@H]3C=N4)c(C)cc2C(=O)N(C)C1. The summed E-state index contributed by atoms with van der Waals surface area (Å²) in [5.41, 5.74) is 5.56. The first-order valence-electron chi connectivity index (χ1n) is 43.2. The Kier molecular flexibility index (Phi) is 41.1. The molecular formula is C91H128Br2N10O19S. The van der Waals surface area contributed by atoms with Crippen molar-refractivity contribution >= 4 is 125 Å². The second-order valence-electron chi connectivity index (χ2n) is 32.7. The number of thiazole rings is 1. The number of phenolic OH excluding ortho intramolecular Hbond substituents is 1. The summed E-state index contributed by atoms with van der Waals surface area (Å²) >= 11 is 7.92. The molecule has 0 radical (unpaired) electrons. The van der Waals surface area contributed by atoms with Crippen LogP contribution in [0.4, 0.5) is 17.1 Å². The molecule has 4 aliphatic rings. The van der Waals surface area contributed by atoms with Gasteiger partial charge in [-0.05, 0) is 138 Å². The molecular weight excluding hydrogens is 1730 g/mol. The van der Waals surface area contributed by atoms with Crippen LogP contribution in [-0.4, -0.2) is 256 Å². The number of ether oxygens (including phenoxy) is 8. The number of aliphatic imine (C=N–C) groups is 1. The first-order chi connectivity index (χ1) is 58.9. The van der Waals surface area contributed by atoms with Crippen LogP contribution in [0.1, 0.15) is 211 Å². The van der Waals surface area contributed by atoms with Gasteiger partial charge in [-0.15, -0.1) is 11.3 Å². The number of carbonyl (C=O) groups is 10. The van der Waals surface area contributed by atoms with Crippen LogP contribution < -0.4 is 35.1 Å². The maximum Gasteiger partial charge on any atom is 0.303 e. The number of alkyl halides is 2. The van der Waals surface area contributed by atoms with E-state index in [2.05, 4.69) is 75.8 Å². The van der Waals surface area contributed by atoms with E-state index >= 15 is 0 Å². The fourth-order valence-electron chi connectivity index (χ4n) is 15.6. The van der Waals surface area contributed by atoms with Gasteiger partial charge in [0.15, 0.2) is 23.4 Å². The third-order valence-corrected chi connectivity index (χ3v) is 26.4. The van der Waals surface area contributed by atoms with Gasteiger partial charge in [0.05, 0.1) is 125 Å². The van der Waals surface area contributed by atoms with E-state index in [-0.39, 0.29) is 174 Å². The maximum absolute atomic E-state index is 14.5. The molecule has 2 fully saturated rings. The number of carbonyl (C=O) groups excluding carboxylic acids is 10. The number of aryl methyl sites for hydroxylation is 1. The molecule has 4 aliphatic heterocycles. The number of piperidine rings is 1. The molecule has 5 heterocycles. The second-order valence-corrected chi connectivity index (χ2v) is 35.6. The van der Waals surface area contributed by atoms with E-state index in [4.69, 9.17) is 37.9 Å². The Morgan fingerprint density at radius 1 is 0.764 bits per heavy atom. The minimum absolute atomic E-state index is 0.0280.